The number of rotatable bonds is 14. The number of methoxy groups -OCH3 is 2. The summed E-state index contributed by atoms with van der Waals surface area (Å²) >= 11 is 1.41. The summed E-state index contributed by atoms with van der Waals surface area (Å²) in [6, 6.07) is 0. The van der Waals surface area contributed by atoms with Gasteiger partial charge < -0.3 is 19.0 Å². The highest BCUT2D eigenvalue weighted by Crippen LogP contribution is 2.41. The number of carbonyl (C=O) groups is 1. The first-order chi connectivity index (χ1) is 17.2. The monoisotopic (exact) mass is 549 g/mol. The van der Waals surface area contributed by atoms with E-state index in [1.54, 1.807) is 12.5 Å². The Labute approximate surface area is 229 Å². The summed E-state index contributed by atoms with van der Waals surface area (Å²) in [4.78, 5) is 15.9. The molecule has 1 heterocycles. The van der Waals surface area contributed by atoms with Gasteiger partial charge in [0.2, 0.25) is 0 Å². The highest BCUT2D eigenvalue weighted by Gasteiger charge is 2.44. The Bertz CT molecular complexity index is 956. The molecule has 1 aromatic rings. The average molecular weight is 550 g/mol. The number of esters is 1. The summed E-state index contributed by atoms with van der Waals surface area (Å²) < 4.78 is 16.9. The Morgan fingerprint density at radius 3 is 2.32 bits per heavy atom. The molecule has 3 atom stereocenters. The van der Waals surface area contributed by atoms with Crippen LogP contribution < -0.4 is 0 Å². The Hall–Kier alpha value is -1.84. The molecule has 37 heavy (non-hydrogen) atoms. The zero-order valence-corrected chi connectivity index (χ0v) is 26.1. The number of thiazole rings is 1. The summed E-state index contributed by atoms with van der Waals surface area (Å²) in [5, 5.41) is 13.6. The fourth-order valence-corrected chi connectivity index (χ4v) is 5.39. The molecule has 0 saturated heterocycles. The lowest BCUT2D eigenvalue weighted by molar-refractivity contribution is -0.0180. The molecule has 0 spiro atoms. The van der Waals surface area contributed by atoms with Gasteiger partial charge in [-0.2, -0.15) is 0 Å². The molecule has 1 aromatic heterocycles. The normalized spacial score (nSPS) is 16.3. The van der Waals surface area contributed by atoms with Gasteiger partial charge in [-0.25, -0.2) is 9.78 Å². The maximum Gasteiger partial charge on any atom is 0.357 e. The molecule has 0 aliphatic carbocycles. The summed E-state index contributed by atoms with van der Waals surface area (Å²) in [6.07, 6.45) is 16.0. The first-order valence-corrected chi connectivity index (χ1v) is 16.5. The predicted molar refractivity (Wildman–Crippen MR) is 157 cm³/mol. The van der Waals surface area contributed by atoms with E-state index in [2.05, 4.69) is 58.8 Å². The van der Waals surface area contributed by atoms with Crippen molar-refractivity contribution in [3.63, 3.8) is 0 Å². The number of allylic oxidation sites excluding steroid dienone is 5. The van der Waals surface area contributed by atoms with Gasteiger partial charge in [0.05, 0.1) is 30.4 Å². The number of hydrogen-bond acceptors (Lipinski definition) is 7. The van der Waals surface area contributed by atoms with Gasteiger partial charge in [0.25, 0.3) is 0 Å². The van der Waals surface area contributed by atoms with Crippen LogP contribution in [0.2, 0.25) is 18.1 Å². The van der Waals surface area contributed by atoms with Crippen molar-refractivity contribution in [1.29, 1.82) is 0 Å². The van der Waals surface area contributed by atoms with E-state index in [0.717, 1.165) is 5.01 Å². The number of hydrogen-bond donors (Lipinski definition) is 1. The zero-order chi connectivity index (χ0) is 28.3. The van der Waals surface area contributed by atoms with Crippen molar-refractivity contribution in [2.75, 3.05) is 14.2 Å². The van der Waals surface area contributed by atoms with Gasteiger partial charge in [-0.15, -0.1) is 11.3 Å². The van der Waals surface area contributed by atoms with E-state index in [-0.39, 0.29) is 17.2 Å². The van der Waals surface area contributed by atoms with Crippen LogP contribution in [0.4, 0.5) is 0 Å². The van der Waals surface area contributed by atoms with Gasteiger partial charge in [-0.05, 0) is 31.5 Å². The first kappa shape index (κ1) is 33.2. The van der Waals surface area contributed by atoms with Crippen molar-refractivity contribution < 1.29 is 23.8 Å². The molecule has 1 rings (SSSR count). The van der Waals surface area contributed by atoms with Gasteiger partial charge in [0.15, 0.2) is 14.0 Å². The van der Waals surface area contributed by atoms with Gasteiger partial charge in [-0.3, -0.25) is 0 Å². The van der Waals surface area contributed by atoms with Crippen molar-refractivity contribution >= 4 is 25.6 Å². The third-order valence-corrected chi connectivity index (χ3v) is 12.3. The molecule has 208 valence electrons. The van der Waals surface area contributed by atoms with Crippen LogP contribution >= 0.6 is 11.3 Å². The Balaban J connectivity index is 2.69. The average Bonchev–Trinajstić information content (AvgIpc) is 3.29. The van der Waals surface area contributed by atoms with E-state index in [9.17, 15) is 9.90 Å². The molecule has 0 amide bonds. The van der Waals surface area contributed by atoms with Crippen LogP contribution in [-0.2, 0) is 20.3 Å². The number of carbonyl (C=O) groups excluding carboxylic acids is 1. The molecule has 0 aliphatic heterocycles. The molecule has 0 aromatic carbocycles. The third kappa shape index (κ3) is 10.4. The van der Waals surface area contributed by atoms with Gasteiger partial charge in [0.1, 0.15) is 0 Å². The topological polar surface area (TPSA) is 77.9 Å². The number of aromatic nitrogens is 1. The second kappa shape index (κ2) is 14.9. The molecule has 3 unspecified atom stereocenters. The van der Waals surface area contributed by atoms with Crippen LogP contribution in [0.5, 0.6) is 0 Å². The van der Waals surface area contributed by atoms with E-state index in [4.69, 9.17) is 13.9 Å². The zero-order valence-electron chi connectivity index (χ0n) is 24.3. The van der Waals surface area contributed by atoms with Crippen molar-refractivity contribution in [2.45, 2.75) is 90.8 Å². The summed E-state index contributed by atoms with van der Waals surface area (Å²) in [5.74, 6) is -0.435. The molecule has 0 bridgehead atoms. The minimum Gasteiger partial charge on any atom is -0.464 e. The Morgan fingerprint density at radius 1 is 1.11 bits per heavy atom. The van der Waals surface area contributed by atoms with E-state index < -0.39 is 25.8 Å². The minimum absolute atomic E-state index is 0.0974. The molecular weight excluding hydrogens is 502 g/mol. The quantitative estimate of drug-likeness (QED) is 0.118. The van der Waals surface area contributed by atoms with E-state index in [1.807, 2.05) is 49.5 Å². The van der Waals surface area contributed by atoms with Crippen LogP contribution in [0.25, 0.3) is 0 Å². The molecule has 0 fully saturated rings. The molecule has 6 nitrogen and oxygen atoms in total. The summed E-state index contributed by atoms with van der Waals surface area (Å²) in [6.45, 7) is 17.3. The maximum absolute atomic E-state index is 11.6. The standard InChI is InChI=1S/C29H47NO5SSi/c1-11-17-25(35-37(9,10)28(2,3)4)29(5,6)24(31)19-16-14-12-13-15-18-22(33-7)20-26-30-23(21-36-26)27(32)34-8/h11-18,21-22,24-25,31H,19-20H2,1-10H3/b13-12-,16-14-,17-11+,18-15+. The van der Waals surface area contributed by atoms with Crippen LogP contribution in [0.3, 0.4) is 0 Å². The fourth-order valence-electron chi connectivity index (χ4n) is 3.21. The summed E-state index contributed by atoms with van der Waals surface area (Å²) in [7, 11) is 0.997. The van der Waals surface area contributed by atoms with Gasteiger partial charge in [-0.1, -0.05) is 83.2 Å². The second-order valence-corrected chi connectivity index (χ2v) is 16.9. The van der Waals surface area contributed by atoms with Crippen molar-refractivity contribution in [1.82, 2.24) is 4.98 Å². The molecule has 0 radical (unpaired) electrons. The SMILES string of the molecule is C/C=C/C(O[Si](C)(C)C(C)(C)C)C(C)(C)C(O)C\C=C/C=C\C=C\C(Cc1nc(C(=O)OC)cs1)OC. The molecule has 0 saturated carbocycles. The number of aliphatic hydroxyl groups excluding tert-OH is 1. The summed E-state index contributed by atoms with van der Waals surface area (Å²) in [5.41, 5.74) is -0.120. The van der Waals surface area contributed by atoms with Crippen LogP contribution in [-0.4, -0.2) is 56.9 Å². The van der Waals surface area contributed by atoms with Crippen molar-refractivity contribution in [3.8, 4) is 0 Å². The number of ether oxygens (including phenoxy) is 2. The molecular formula is C29H47NO5SSi. The largest absolute Gasteiger partial charge is 0.464 e. The van der Waals surface area contributed by atoms with Crippen LogP contribution in [0, 0.1) is 5.41 Å². The Kier molecular flexibility index (Phi) is 13.4. The Morgan fingerprint density at radius 2 is 1.76 bits per heavy atom. The second-order valence-electron chi connectivity index (χ2n) is 11.2. The predicted octanol–water partition coefficient (Wildman–Crippen LogP) is 6.90. The smallest absolute Gasteiger partial charge is 0.357 e. The first-order valence-electron chi connectivity index (χ1n) is 12.7. The molecule has 0 aliphatic rings. The van der Waals surface area contributed by atoms with Gasteiger partial charge >= 0.3 is 5.97 Å². The van der Waals surface area contributed by atoms with Crippen molar-refractivity contribution in [3.05, 3.63) is 64.7 Å². The van der Waals surface area contributed by atoms with Crippen molar-refractivity contribution in [2.24, 2.45) is 5.41 Å². The minimum atomic E-state index is -1.99. The maximum atomic E-state index is 11.6. The third-order valence-electron chi connectivity index (χ3n) is 6.97. The van der Waals surface area contributed by atoms with E-state index in [1.165, 1.54) is 18.4 Å². The van der Waals surface area contributed by atoms with Crippen LogP contribution in [0.1, 0.15) is 63.5 Å². The van der Waals surface area contributed by atoms with Crippen LogP contribution in [0.15, 0.2) is 54.0 Å². The highest BCUT2D eigenvalue weighted by atomic mass is 32.1. The van der Waals surface area contributed by atoms with E-state index >= 15 is 0 Å². The van der Waals surface area contributed by atoms with E-state index in [0.29, 0.717) is 18.5 Å². The highest BCUT2D eigenvalue weighted by molar-refractivity contribution is 7.09. The number of aliphatic hydroxyl groups is 1. The number of nitrogens with zero attached hydrogens (tertiary/aromatic N) is 1. The fraction of sp³-hybridized carbons (Fsp3) is 0.586. The lowest BCUT2D eigenvalue weighted by Crippen LogP contribution is -2.50. The lowest BCUT2D eigenvalue weighted by Gasteiger charge is -2.44. The van der Waals surface area contributed by atoms with Gasteiger partial charge in [0, 0.05) is 24.3 Å². The molecule has 8 heteroatoms. The lowest BCUT2D eigenvalue weighted by atomic mass is 9.79. The molecule has 1 N–H and O–H groups in total.